The molecule has 0 amide bonds. The van der Waals surface area contributed by atoms with Crippen molar-refractivity contribution in [1.29, 1.82) is 0 Å². The predicted molar refractivity (Wildman–Crippen MR) is 59.6 cm³/mol. The molecule has 1 fully saturated rings. The molecule has 0 aromatic carbocycles. The van der Waals surface area contributed by atoms with Gasteiger partial charge in [0.1, 0.15) is 11.1 Å². The highest BCUT2D eigenvalue weighted by molar-refractivity contribution is 7.80. The zero-order chi connectivity index (χ0) is 11.3. The van der Waals surface area contributed by atoms with Crippen molar-refractivity contribution in [2.24, 2.45) is 5.73 Å². The van der Waals surface area contributed by atoms with E-state index in [4.69, 9.17) is 27.4 Å². The highest BCUT2D eigenvalue weighted by Gasteiger charge is 2.24. The van der Waals surface area contributed by atoms with Gasteiger partial charge in [-0.3, -0.25) is 9.69 Å². The second kappa shape index (κ2) is 5.99. The molecule has 86 valence electrons. The molecule has 1 atom stereocenters. The number of carbonyl (C=O) groups is 1. The Hall–Kier alpha value is -0.720. The highest BCUT2D eigenvalue weighted by atomic mass is 32.1. The molecule has 1 unspecified atom stereocenters. The van der Waals surface area contributed by atoms with Crippen LogP contribution in [0.2, 0.25) is 0 Å². The second-order valence-electron chi connectivity index (χ2n) is 3.30. The quantitative estimate of drug-likeness (QED) is 0.522. The molecule has 0 aromatic heterocycles. The van der Waals surface area contributed by atoms with E-state index in [2.05, 4.69) is 0 Å². The largest absolute Gasteiger partial charge is 0.465 e. The van der Waals surface area contributed by atoms with E-state index in [9.17, 15) is 4.79 Å². The summed E-state index contributed by atoms with van der Waals surface area (Å²) >= 11 is 4.84. The number of carbonyl (C=O) groups excluding carboxylic acids is 1. The van der Waals surface area contributed by atoms with E-state index < -0.39 is 0 Å². The van der Waals surface area contributed by atoms with Crippen LogP contribution in [0.3, 0.4) is 0 Å². The predicted octanol–water partition coefficient (Wildman–Crippen LogP) is -0.464. The van der Waals surface area contributed by atoms with Crippen molar-refractivity contribution in [3.05, 3.63) is 0 Å². The van der Waals surface area contributed by atoms with Gasteiger partial charge in [-0.15, -0.1) is 0 Å². The van der Waals surface area contributed by atoms with Crippen LogP contribution in [-0.4, -0.2) is 54.8 Å². The van der Waals surface area contributed by atoms with Gasteiger partial charge in [0.2, 0.25) is 0 Å². The Morgan fingerprint density at radius 3 is 3.07 bits per heavy atom. The van der Waals surface area contributed by atoms with E-state index >= 15 is 0 Å². The van der Waals surface area contributed by atoms with Gasteiger partial charge in [-0.2, -0.15) is 0 Å². The van der Waals surface area contributed by atoms with Gasteiger partial charge in [-0.1, -0.05) is 12.2 Å². The molecule has 0 aliphatic carbocycles. The number of hydrogen-bond acceptors (Lipinski definition) is 5. The fourth-order valence-electron chi connectivity index (χ4n) is 1.41. The zero-order valence-corrected chi connectivity index (χ0v) is 9.59. The third kappa shape index (κ3) is 4.11. The summed E-state index contributed by atoms with van der Waals surface area (Å²) in [6.45, 7) is 4.28. The fourth-order valence-corrected chi connectivity index (χ4v) is 1.55. The Morgan fingerprint density at radius 1 is 1.73 bits per heavy atom. The minimum Gasteiger partial charge on any atom is -0.465 e. The first kappa shape index (κ1) is 12.4. The van der Waals surface area contributed by atoms with Gasteiger partial charge >= 0.3 is 5.97 Å². The molecule has 0 saturated carbocycles. The first-order chi connectivity index (χ1) is 7.13. The van der Waals surface area contributed by atoms with Gasteiger partial charge in [0, 0.05) is 13.1 Å². The number of nitrogens with two attached hydrogens (primary N) is 1. The maximum absolute atomic E-state index is 11.2. The van der Waals surface area contributed by atoms with Crippen molar-refractivity contribution in [3.63, 3.8) is 0 Å². The minimum absolute atomic E-state index is 0.221. The molecule has 0 radical (unpaired) electrons. The van der Waals surface area contributed by atoms with Gasteiger partial charge in [0.05, 0.1) is 19.8 Å². The van der Waals surface area contributed by atoms with Crippen LogP contribution in [0.25, 0.3) is 0 Å². The molecule has 6 heteroatoms. The van der Waals surface area contributed by atoms with Crippen LogP contribution in [0.5, 0.6) is 0 Å². The van der Waals surface area contributed by atoms with Gasteiger partial charge in [-0.25, -0.2) is 0 Å². The summed E-state index contributed by atoms with van der Waals surface area (Å²) in [6.07, 6.45) is -0.247. The Bertz CT molecular complexity index is 248. The van der Waals surface area contributed by atoms with E-state index in [0.717, 1.165) is 0 Å². The van der Waals surface area contributed by atoms with E-state index in [1.165, 1.54) is 0 Å². The third-order valence-corrected chi connectivity index (χ3v) is 2.39. The summed E-state index contributed by atoms with van der Waals surface area (Å²) in [7, 11) is 0. The van der Waals surface area contributed by atoms with Gasteiger partial charge in [0.15, 0.2) is 0 Å². The van der Waals surface area contributed by atoms with Crippen molar-refractivity contribution >= 4 is 23.2 Å². The minimum atomic E-state index is -0.247. The molecule has 15 heavy (non-hydrogen) atoms. The summed E-state index contributed by atoms with van der Waals surface area (Å²) in [5.41, 5.74) is 5.48. The topological polar surface area (TPSA) is 64.8 Å². The molecule has 1 aliphatic heterocycles. The Balaban J connectivity index is 2.36. The molecule has 5 nitrogen and oxygen atoms in total. The number of ether oxygens (including phenoxy) is 2. The van der Waals surface area contributed by atoms with Crippen molar-refractivity contribution in [2.75, 3.05) is 32.8 Å². The molecule has 1 heterocycles. The average Bonchev–Trinajstić information content (AvgIpc) is 2.18. The number of rotatable bonds is 4. The number of esters is 1. The van der Waals surface area contributed by atoms with E-state index in [0.29, 0.717) is 31.3 Å². The van der Waals surface area contributed by atoms with Crippen LogP contribution in [0.1, 0.15) is 6.92 Å². The molecule has 0 bridgehead atoms. The lowest BCUT2D eigenvalue weighted by molar-refractivity contribution is -0.145. The van der Waals surface area contributed by atoms with Crippen LogP contribution in [-0.2, 0) is 14.3 Å². The molecular formula is C9H16N2O3S. The van der Waals surface area contributed by atoms with Gasteiger partial charge < -0.3 is 15.2 Å². The van der Waals surface area contributed by atoms with Crippen molar-refractivity contribution in [2.45, 2.75) is 13.0 Å². The number of thiocarbonyl (C=S) groups is 1. The number of nitrogens with zero attached hydrogens (tertiary/aromatic N) is 1. The number of morpholine rings is 1. The van der Waals surface area contributed by atoms with Crippen molar-refractivity contribution < 1.29 is 14.3 Å². The van der Waals surface area contributed by atoms with Crippen LogP contribution >= 0.6 is 12.2 Å². The summed E-state index contributed by atoms with van der Waals surface area (Å²) in [5, 5.41) is 0. The molecular weight excluding hydrogens is 216 g/mol. The maximum Gasteiger partial charge on any atom is 0.320 e. The Labute approximate surface area is 94.5 Å². The Kier molecular flexibility index (Phi) is 4.93. The molecule has 1 saturated heterocycles. The monoisotopic (exact) mass is 232 g/mol. The summed E-state index contributed by atoms with van der Waals surface area (Å²) in [4.78, 5) is 13.5. The molecule has 1 rings (SSSR count). The summed E-state index contributed by atoms with van der Waals surface area (Å²) < 4.78 is 10.2. The van der Waals surface area contributed by atoms with Gasteiger partial charge in [0.25, 0.3) is 0 Å². The first-order valence-electron chi connectivity index (χ1n) is 4.92. The first-order valence-corrected chi connectivity index (χ1v) is 5.33. The third-order valence-electron chi connectivity index (χ3n) is 2.13. The van der Waals surface area contributed by atoms with Crippen molar-refractivity contribution in [1.82, 2.24) is 4.90 Å². The molecule has 2 N–H and O–H groups in total. The lowest BCUT2D eigenvalue weighted by Crippen LogP contribution is -2.49. The number of hydrogen-bond donors (Lipinski definition) is 1. The fraction of sp³-hybridized carbons (Fsp3) is 0.778. The van der Waals surface area contributed by atoms with E-state index in [1.807, 2.05) is 4.90 Å². The zero-order valence-electron chi connectivity index (χ0n) is 8.77. The van der Waals surface area contributed by atoms with Crippen molar-refractivity contribution in [3.8, 4) is 0 Å². The molecule has 0 spiro atoms. The van der Waals surface area contributed by atoms with Crippen LogP contribution < -0.4 is 5.73 Å². The van der Waals surface area contributed by atoms with E-state index in [1.54, 1.807) is 6.92 Å². The van der Waals surface area contributed by atoms with Gasteiger partial charge in [-0.05, 0) is 6.92 Å². The lowest BCUT2D eigenvalue weighted by Gasteiger charge is -2.31. The van der Waals surface area contributed by atoms with Crippen LogP contribution in [0.4, 0.5) is 0 Å². The van der Waals surface area contributed by atoms with Crippen LogP contribution in [0, 0.1) is 0 Å². The second-order valence-corrected chi connectivity index (χ2v) is 3.77. The lowest BCUT2D eigenvalue weighted by atomic mass is 10.2. The normalized spacial score (nSPS) is 22.3. The molecule has 0 aromatic rings. The van der Waals surface area contributed by atoms with E-state index in [-0.39, 0.29) is 18.6 Å². The molecule has 1 aliphatic rings. The Morgan fingerprint density at radius 2 is 2.47 bits per heavy atom. The van der Waals surface area contributed by atoms with Crippen LogP contribution in [0.15, 0.2) is 0 Å². The maximum atomic E-state index is 11.2. The highest BCUT2D eigenvalue weighted by Crippen LogP contribution is 2.05. The SMILES string of the molecule is CCOC(=O)CN1CCOC(C(N)=S)C1. The standard InChI is InChI=1S/C9H16N2O3S/c1-2-13-8(12)6-11-3-4-14-7(5-11)9(10)15/h7H,2-6H2,1H3,(H2,10,15). The summed E-state index contributed by atoms with van der Waals surface area (Å²) in [6, 6.07) is 0. The summed E-state index contributed by atoms with van der Waals surface area (Å²) in [5.74, 6) is -0.221. The average molecular weight is 232 g/mol. The smallest absolute Gasteiger partial charge is 0.320 e.